The summed E-state index contributed by atoms with van der Waals surface area (Å²) in [7, 11) is 2.13. The van der Waals surface area contributed by atoms with Crippen LogP contribution in [-0.2, 0) is 7.05 Å². The molecule has 0 saturated carbocycles. The number of aryl methyl sites for hydroxylation is 2. The molecule has 7 rings (SSSR count). The third-order valence-corrected chi connectivity index (χ3v) is 7.84. The number of nitrogens with zero attached hydrogens (tertiary/aromatic N) is 2. The Labute approximate surface area is 192 Å². The predicted octanol–water partition coefficient (Wildman–Crippen LogP) is 7.37. The van der Waals surface area contributed by atoms with Crippen LogP contribution in [0.4, 0.5) is 0 Å². The van der Waals surface area contributed by atoms with E-state index in [0.29, 0.717) is 5.56 Å². The van der Waals surface area contributed by atoms with Crippen LogP contribution in [0.1, 0.15) is 11.1 Å². The summed E-state index contributed by atoms with van der Waals surface area (Å²) in [6.45, 7) is 2.15. The lowest BCUT2D eigenvalue weighted by Crippen LogP contribution is -2.28. The Bertz CT molecular complexity index is 1960. The number of benzene rings is 4. The van der Waals surface area contributed by atoms with Crippen molar-refractivity contribution in [3.8, 4) is 16.6 Å². The maximum Gasteiger partial charge on any atom is 0.270 e. The van der Waals surface area contributed by atoms with Gasteiger partial charge in [0.05, 0.1) is 22.6 Å². The summed E-state index contributed by atoms with van der Waals surface area (Å²) < 4.78 is 15.8. The maximum atomic E-state index is 9.23. The molecule has 0 radical (unpaired) electrons. The highest BCUT2D eigenvalue weighted by atomic mass is 32.1. The van der Waals surface area contributed by atoms with Gasteiger partial charge >= 0.3 is 0 Å². The Morgan fingerprint density at radius 3 is 2.45 bits per heavy atom. The maximum absolute atomic E-state index is 9.23. The fourth-order valence-electron chi connectivity index (χ4n) is 4.86. The predicted molar refractivity (Wildman–Crippen MR) is 132 cm³/mol. The molecule has 0 aliphatic carbocycles. The monoisotopic (exact) mass is 445 g/mol. The molecular weight excluding hydrogens is 428 g/mol. The van der Waals surface area contributed by atoms with Gasteiger partial charge in [-0.3, -0.25) is 0 Å². The molecule has 0 saturated heterocycles. The van der Waals surface area contributed by atoms with Gasteiger partial charge in [0.1, 0.15) is 34.1 Å². The molecule has 0 unspecified atom stereocenters. The lowest BCUT2D eigenvalue weighted by Gasteiger charge is -1.98. The van der Waals surface area contributed by atoms with Crippen LogP contribution < -0.4 is 4.57 Å². The molecule has 0 bridgehead atoms. The smallest absolute Gasteiger partial charge is 0.270 e. The second kappa shape index (κ2) is 6.44. The van der Waals surface area contributed by atoms with Gasteiger partial charge in [-0.1, -0.05) is 29.5 Å². The minimum Gasteiger partial charge on any atom is -0.456 e. The van der Waals surface area contributed by atoms with Gasteiger partial charge in [-0.2, -0.15) is 9.83 Å². The number of aromatic nitrogens is 1. The third kappa shape index (κ3) is 2.47. The number of nitriles is 1. The van der Waals surface area contributed by atoms with Crippen molar-refractivity contribution in [1.29, 1.82) is 5.26 Å². The zero-order valence-electron chi connectivity index (χ0n) is 18.0. The molecule has 0 N–H and O–H groups in total. The van der Waals surface area contributed by atoms with Crippen LogP contribution >= 0.6 is 11.3 Å². The highest BCUT2D eigenvalue weighted by molar-refractivity contribution is 7.22. The number of rotatable bonds is 1. The van der Waals surface area contributed by atoms with E-state index in [1.165, 1.54) is 26.4 Å². The summed E-state index contributed by atoms with van der Waals surface area (Å²) in [5.74, 6) is 0. The molecule has 3 aromatic heterocycles. The van der Waals surface area contributed by atoms with Gasteiger partial charge in [0.2, 0.25) is 5.52 Å². The van der Waals surface area contributed by atoms with E-state index in [4.69, 9.17) is 8.83 Å². The van der Waals surface area contributed by atoms with Crippen molar-refractivity contribution in [2.24, 2.45) is 7.05 Å². The highest BCUT2D eigenvalue weighted by Gasteiger charge is 2.24. The second-order valence-electron chi connectivity index (χ2n) is 8.44. The number of fused-ring (bicyclic) bond motifs is 8. The van der Waals surface area contributed by atoms with E-state index >= 15 is 0 Å². The van der Waals surface area contributed by atoms with Crippen LogP contribution in [0.5, 0.6) is 0 Å². The van der Waals surface area contributed by atoms with Crippen LogP contribution in [0.2, 0.25) is 0 Å². The second-order valence-corrected chi connectivity index (χ2v) is 9.44. The summed E-state index contributed by atoms with van der Waals surface area (Å²) in [4.78, 5) is 0. The Balaban J connectivity index is 1.59. The molecule has 0 fully saturated rings. The molecule has 0 amide bonds. The van der Waals surface area contributed by atoms with E-state index in [0.717, 1.165) is 43.9 Å². The molecule has 0 aliphatic rings. The Hall–Kier alpha value is -4.14. The van der Waals surface area contributed by atoms with Crippen molar-refractivity contribution in [3.05, 3.63) is 77.9 Å². The fraction of sp³-hybridized carbons (Fsp3) is 0.0714. The van der Waals surface area contributed by atoms with Gasteiger partial charge in [-0.15, -0.1) is 0 Å². The van der Waals surface area contributed by atoms with E-state index in [1.807, 2.05) is 18.2 Å². The molecule has 3 heterocycles. The Morgan fingerprint density at radius 2 is 1.61 bits per heavy atom. The number of hydrogen-bond donors (Lipinski definition) is 0. The SMILES string of the molecule is Cc1ccccc1-c1sc2c3c(ccc2[n+]1C)oc1cc2oc4cc(C#N)ccc4c2cc13. The molecule has 7 aromatic rings. The lowest BCUT2D eigenvalue weighted by molar-refractivity contribution is -0.629. The third-order valence-electron chi connectivity index (χ3n) is 6.53. The van der Waals surface area contributed by atoms with E-state index in [1.54, 1.807) is 17.4 Å². The minimum atomic E-state index is 0.590. The van der Waals surface area contributed by atoms with Crippen LogP contribution in [0.25, 0.3) is 64.7 Å². The zero-order valence-corrected chi connectivity index (χ0v) is 18.8. The minimum absolute atomic E-state index is 0.590. The Morgan fingerprint density at radius 1 is 0.818 bits per heavy atom. The topological polar surface area (TPSA) is 54.0 Å². The summed E-state index contributed by atoms with van der Waals surface area (Å²) in [5.41, 5.74) is 7.44. The molecular formula is C28H17N2O2S+. The molecule has 4 aromatic carbocycles. The lowest BCUT2D eigenvalue weighted by atomic mass is 10.1. The standard InChI is InChI=1S/C28H17N2O2S/c1-15-5-3-4-6-17(15)28-30(2)21-9-10-22-26(27(21)33-28)20-12-19-18-8-7-16(14-29)11-23(18)32-24(19)13-25(20)31-22/h3-13H,1-2H3/q+1. The van der Waals surface area contributed by atoms with Crippen LogP contribution in [0, 0.1) is 18.3 Å². The van der Waals surface area contributed by atoms with Gasteiger partial charge in [-0.05, 0) is 48.9 Å². The summed E-state index contributed by atoms with van der Waals surface area (Å²) in [6.07, 6.45) is 0. The molecule has 0 aliphatic heterocycles. The molecule has 33 heavy (non-hydrogen) atoms. The van der Waals surface area contributed by atoms with Gasteiger partial charge in [0.15, 0.2) is 0 Å². The highest BCUT2D eigenvalue weighted by Crippen LogP contribution is 2.42. The quantitative estimate of drug-likeness (QED) is 0.248. The fourth-order valence-corrected chi connectivity index (χ4v) is 6.25. The van der Waals surface area contributed by atoms with Crippen molar-refractivity contribution < 1.29 is 13.4 Å². The van der Waals surface area contributed by atoms with Crippen molar-refractivity contribution >= 4 is 65.4 Å². The van der Waals surface area contributed by atoms with Gasteiger partial charge in [0.25, 0.3) is 5.01 Å². The first-order valence-electron chi connectivity index (χ1n) is 10.7. The summed E-state index contributed by atoms with van der Waals surface area (Å²) in [6, 6.07) is 24.6. The normalized spacial score (nSPS) is 11.9. The van der Waals surface area contributed by atoms with Gasteiger partial charge in [0, 0.05) is 28.3 Å². The van der Waals surface area contributed by atoms with E-state index in [9.17, 15) is 5.26 Å². The first-order chi connectivity index (χ1) is 16.1. The van der Waals surface area contributed by atoms with Crippen LogP contribution in [0.3, 0.4) is 0 Å². The van der Waals surface area contributed by atoms with Crippen molar-refractivity contribution in [1.82, 2.24) is 0 Å². The number of thiazole rings is 1. The first-order valence-corrected chi connectivity index (χ1v) is 11.5. The zero-order chi connectivity index (χ0) is 22.3. The molecule has 4 nitrogen and oxygen atoms in total. The van der Waals surface area contributed by atoms with Crippen LogP contribution in [-0.4, -0.2) is 0 Å². The number of furan rings is 2. The average molecular weight is 446 g/mol. The van der Waals surface area contributed by atoms with E-state index in [-0.39, 0.29) is 0 Å². The largest absolute Gasteiger partial charge is 0.456 e. The molecule has 0 spiro atoms. The van der Waals surface area contributed by atoms with E-state index < -0.39 is 0 Å². The summed E-state index contributed by atoms with van der Waals surface area (Å²) in [5, 5.41) is 14.7. The summed E-state index contributed by atoms with van der Waals surface area (Å²) >= 11 is 1.80. The molecule has 156 valence electrons. The average Bonchev–Trinajstić information content (AvgIpc) is 3.47. The van der Waals surface area contributed by atoms with E-state index in [2.05, 4.69) is 67.1 Å². The molecule has 0 atom stereocenters. The van der Waals surface area contributed by atoms with Crippen molar-refractivity contribution in [2.75, 3.05) is 0 Å². The van der Waals surface area contributed by atoms with Crippen molar-refractivity contribution in [2.45, 2.75) is 6.92 Å². The van der Waals surface area contributed by atoms with Crippen LogP contribution in [0.15, 0.2) is 75.6 Å². The van der Waals surface area contributed by atoms with Gasteiger partial charge < -0.3 is 8.83 Å². The first kappa shape index (κ1) is 18.4. The number of hydrogen-bond acceptors (Lipinski definition) is 4. The molecule has 5 heteroatoms. The van der Waals surface area contributed by atoms with Crippen molar-refractivity contribution in [3.63, 3.8) is 0 Å². The Kier molecular flexibility index (Phi) is 3.60. The van der Waals surface area contributed by atoms with Gasteiger partial charge in [-0.25, -0.2) is 0 Å².